The van der Waals surface area contributed by atoms with Gasteiger partial charge in [0.05, 0.1) is 14.5 Å². The number of hydrogen-bond acceptors (Lipinski definition) is 3. The first-order chi connectivity index (χ1) is 6.34. The van der Waals surface area contributed by atoms with E-state index < -0.39 is 0 Å². The lowest BCUT2D eigenvalue weighted by atomic mass is 10.4. The summed E-state index contributed by atoms with van der Waals surface area (Å²) in [6.45, 7) is 3.98. The normalized spacial score (nSPS) is 20.5. The highest BCUT2D eigenvalue weighted by molar-refractivity contribution is 8.49. The van der Waals surface area contributed by atoms with Crippen LogP contribution < -0.4 is 0 Å². The minimum atomic E-state index is 0.600. The van der Waals surface area contributed by atoms with E-state index in [9.17, 15) is 0 Å². The van der Waals surface area contributed by atoms with Gasteiger partial charge in [0.15, 0.2) is 0 Å². The van der Waals surface area contributed by atoms with Gasteiger partial charge in [-0.05, 0) is 12.2 Å². The summed E-state index contributed by atoms with van der Waals surface area (Å²) in [5.74, 6) is 1.22. The third kappa shape index (κ3) is 4.19. The van der Waals surface area contributed by atoms with Crippen LogP contribution in [0.4, 0.5) is 0 Å². The molecule has 5 heteroatoms. The van der Waals surface area contributed by atoms with E-state index in [2.05, 4.69) is 16.6 Å². The van der Waals surface area contributed by atoms with E-state index in [1.54, 1.807) is 0 Å². The van der Waals surface area contributed by atoms with E-state index in [1.165, 1.54) is 18.6 Å². The lowest BCUT2D eigenvalue weighted by molar-refractivity contribution is 0.353. The molecule has 0 radical (unpaired) electrons. The Bertz CT molecular complexity index is 178. The van der Waals surface area contributed by atoms with Crippen LogP contribution in [0.2, 0.25) is 0 Å². The number of likely N-dealkylation sites (N-methyl/N-ethyl adjacent to an activating group) is 1. The number of hydrogen-bond donors (Lipinski definition) is 0. The maximum atomic E-state index is 5.34. The smallest absolute Gasteiger partial charge is 0.291 e. The molecule has 13 heavy (non-hydrogen) atoms. The van der Waals surface area contributed by atoms with Gasteiger partial charge in [-0.25, -0.2) is 4.76 Å². The van der Waals surface area contributed by atoms with Crippen molar-refractivity contribution >= 4 is 25.3 Å². The summed E-state index contributed by atoms with van der Waals surface area (Å²) in [5.41, 5.74) is 0. The molecule has 0 saturated carbocycles. The molecule has 1 heterocycles. The van der Waals surface area contributed by atoms with Crippen molar-refractivity contribution in [2.75, 3.05) is 26.0 Å². The van der Waals surface area contributed by atoms with Crippen molar-refractivity contribution in [2.45, 2.75) is 19.8 Å². The molecule has 1 aliphatic heterocycles. The molecule has 0 aromatic heterocycles. The summed E-state index contributed by atoms with van der Waals surface area (Å²) in [5, 5.41) is 0. The Morgan fingerprint density at radius 3 is 3.15 bits per heavy atom. The first-order valence-electron chi connectivity index (χ1n) is 4.63. The summed E-state index contributed by atoms with van der Waals surface area (Å²) in [6.07, 6.45) is 2.56. The zero-order valence-electron chi connectivity index (χ0n) is 8.25. The molecule has 1 atom stereocenters. The second-order valence-corrected chi connectivity index (χ2v) is 5.47. The summed E-state index contributed by atoms with van der Waals surface area (Å²) in [7, 11) is 2.62. The van der Waals surface area contributed by atoms with Gasteiger partial charge < -0.3 is 9.64 Å². The summed E-state index contributed by atoms with van der Waals surface area (Å²) >= 11 is 1.90. The molecular formula is C8H17N2OPS. The number of amidine groups is 1. The van der Waals surface area contributed by atoms with E-state index in [0.29, 0.717) is 7.93 Å². The van der Waals surface area contributed by atoms with Crippen LogP contribution in [0.3, 0.4) is 0 Å². The van der Waals surface area contributed by atoms with Crippen LogP contribution in [-0.2, 0) is 4.74 Å². The zero-order chi connectivity index (χ0) is 9.52. The minimum Gasteiger partial charge on any atom is -0.463 e. The third-order valence-electron chi connectivity index (χ3n) is 1.79. The molecule has 1 saturated heterocycles. The Morgan fingerprint density at radius 1 is 1.69 bits per heavy atom. The fourth-order valence-corrected chi connectivity index (χ4v) is 2.97. The van der Waals surface area contributed by atoms with Gasteiger partial charge in [-0.1, -0.05) is 13.3 Å². The molecule has 0 spiro atoms. The van der Waals surface area contributed by atoms with E-state index in [4.69, 9.17) is 4.74 Å². The monoisotopic (exact) mass is 220 g/mol. The Labute approximate surface area is 85.9 Å². The topological polar surface area (TPSA) is 24.8 Å². The van der Waals surface area contributed by atoms with Crippen LogP contribution in [0.5, 0.6) is 0 Å². The lowest BCUT2D eigenvalue weighted by Gasteiger charge is -2.06. The molecule has 0 aliphatic carbocycles. The molecule has 76 valence electrons. The maximum Gasteiger partial charge on any atom is 0.291 e. The SMILES string of the molecule is CCCCSPN=C1OCCN1C. The Hall–Kier alpha value is 0.0500. The maximum absolute atomic E-state index is 5.34. The largest absolute Gasteiger partial charge is 0.463 e. The quantitative estimate of drug-likeness (QED) is 0.525. The highest BCUT2D eigenvalue weighted by Gasteiger charge is 2.14. The van der Waals surface area contributed by atoms with E-state index >= 15 is 0 Å². The van der Waals surface area contributed by atoms with E-state index in [-0.39, 0.29) is 0 Å². The van der Waals surface area contributed by atoms with Gasteiger partial charge in [0.25, 0.3) is 6.02 Å². The highest BCUT2D eigenvalue weighted by atomic mass is 32.7. The van der Waals surface area contributed by atoms with Crippen LogP contribution in [-0.4, -0.2) is 36.9 Å². The second kappa shape index (κ2) is 6.50. The number of nitrogens with zero attached hydrogens (tertiary/aromatic N) is 2. The predicted molar refractivity (Wildman–Crippen MR) is 61.7 cm³/mol. The Morgan fingerprint density at radius 2 is 2.54 bits per heavy atom. The van der Waals surface area contributed by atoms with Crippen molar-refractivity contribution < 1.29 is 4.74 Å². The van der Waals surface area contributed by atoms with Crippen LogP contribution in [0.15, 0.2) is 4.76 Å². The van der Waals surface area contributed by atoms with Crippen molar-refractivity contribution in [1.82, 2.24) is 4.90 Å². The van der Waals surface area contributed by atoms with E-state index in [0.717, 1.165) is 19.2 Å². The van der Waals surface area contributed by atoms with E-state index in [1.807, 2.05) is 18.4 Å². The molecule has 0 N–H and O–H groups in total. The average Bonchev–Trinajstić information content (AvgIpc) is 2.52. The van der Waals surface area contributed by atoms with Gasteiger partial charge >= 0.3 is 0 Å². The highest BCUT2D eigenvalue weighted by Crippen LogP contribution is 2.32. The number of rotatable bonds is 5. The molecule has 3 nitrogen and oxygen atoms in total. The molecule has 1 fully saturated rings. The van der Waals surface area contributed by atoms with Crippen molar-refractivity contribution in [3.8, 4) is 0 Å². The van der Waals surface area contributed by atoms with Gasteiger partial charge in [-0.3, -0.25) is 0 Å². The van der Waals surface area contributed by atoms with Crippen LogP contribution >= 0.6 is 19.3 Å². The predicted octanol–water partition coefficient (Wildman–Crippen LogP) is 2.35. The van der Waals surface area contributed by atoms with Crippen LogP contribution in [0.1, 0.15) is 19.8 Å². The van der Waals surface area contributed by atoms with Gasteiger partial charge in [0, 0.05) is 7.05 Å². The zero-order valence-corrected chi connectivity index (χ0v) is 10.1. The molecular weight excluding hydrogens is 203 g/mol. The first-order valence-corrected chi connectivity index (χ1v) is 7.28. The fraction of sp³-hybridized carbons (Fsp3) is 0.875. The second-order valence-electron chi connectivity index (χ2n) is 2.96. The molecule has 0 aromatic carbocycles. The number of unbranched alkanes of at least 4 members (excludes halogenated alkanes) is 1. The first kappa shape index (κ1) is 11.1. The molecule has 1 aliphatic rings. The summed E-state index contributed by atoms with van der Waals surface area (Å²) < 4.78 is 9.73. The molecule has 0 aromatic rings. The fourth-order valence-electron chi connectivity index (χ4n) is 0.931. The Balaban J connectivity index is 2.09. The minimum absolute atomic E-state index is 0.600. The van der Waals surface area contributed by atoms with Gasteiger partial charge in [0.2, 0.25) is 0 Å². The van der Waals surface area contributed by atoms with Crippen LogP contribution in [0.25, 0.3) is 0 Å². The van der Waals surface area contributed by atoms with Gasteiger partial charge in [-0.15, -0.1) is 11.4 Å². The van der Waals surface area contributed by atoms with Crippen molar-refractivity contribution in [3.05, 3.63) is 0 Å². The van der Waals surface area contributed by atoms with Crippen molar-refractivity contribution in [2.24, 2.45) is 4.76 Å². The van der Waals surface area contributed by atoms with Gasteiger partial charge in [-0.2, -0.15) is 0 Å². The molecule has 1 rings (SSSR count). The molecule has 1 unspecified atom stereocenters. The molecule has 0 amide bonds. The average molecular weight is 220 g/mol. The van der Waals surface area contributed by atoms with Crippen LogP contribution in [0, 0.1) is 0 Å². The van der Waals surface area contributed by atoms with Crippen molar-refractivity contribution in [1.29, 1.82) is 0 Å². The summed E-state index contributed by atoms with van der Waals surface area (Å²) in [6, 6.07) is 0.822. The number of ether oxygens (including phenoxy) is 1. The lowest BCUT2D eigenvalue weighted by Crippen LogP contribution is -2.19. The molecule has 0 bridgehead atoms. The standard InChI is InChI=1S/C8H17N2OPS/c1-3-4-7-13-12-9-8-10(2)5-6-11-8/h12H,3-7H2,1-2H3. The third-order valence-corrected chi connectivity index (χ3v) is 3.97. The van der Waals surface area contributed by atoms with Gasteiger partial charge in [0.1, 0.15) is 6.61 Å². The van der Waals surface area contributed by atoms with Crippen molar-refractivity contribution in [3.63, 3.8) is 0 Å². The Kier molecular flexibility index (Phi) is 5.56. The summed E-state index contributed by atoms with van der Waals surface area (Å²) in [4.78, 5) is 2.06.